The van der Waals surface area contributed by atoms with E-state index >= 15 is 0 Å². The van der Waals surface area contributed by atoms with Gasteiger partial charge in [0.1, 0.15) is 5.82 Å². The molecule has 3 heterocycles. The summed E-state index contributed by atoms with van der Waals surface area (Å²) in [7, 11) is 0. The third-order valence-electron chi connectivity index (χ3n) is 9.46. The van der Waals surface area contributed by atoms with Gasteiger partial charge in [0, 0.05) is 39.4 Å². The zero-order valence-corrected chi connectivity index (χ0v) is 25.9. The fourth-order valence-electron chi connectivity index (χ4n) is 7.13. The van der Waals surface area contributed by atoms with Gasteiger partial charge in [-0.05, 0) is 72.9 Å². The second-order valence-corrected chi connectivity index (χ2v) is 12.4. The molecule has 0 fully saturated rings. The number of nitrogens with zero attached hydrogens (tertiary/aromatic N) is 4. The second kappa shape index (κ2) is 11.5. The normalized spacial score (nSPS) is 16.9. The highest BCUT2D eigenvalue weighted by molar-refractivity contribution is 6.06. The van der Waals surface area contributed by atoms with Crippen LogP contribution in [0.1, 0.15) is 18.4 Å². The van der Waals surface area contributed by atoms with Crippen molar-refractivity contribution in [2.45, 2.75) is 19.3 Å². The molecule has 4 heteroatoms. The molecule has 1 atom stereocenters. The summed E-state index contributed by atoms with van der Waals surface area (Å²) in [5, 5.41) is 1.12. The first kappa shape index (κ1) is 27.4. The highest BCUT2D eigenvalue weighted by atomic mass is 15.1. The molecule has 0 unspecified atom stereocenters. The van der Waals surface area contributed by atoms with Gasteiger partial charge in [0.15, 0.2) is 0 Å². The van der Waals surface area contributed by atoms with Crippen molar-refractivity contribution in [1.29, 1.82) is 0 Å². The number of benzene rings is 5. The maximum absolute atomic E-state index is 5.28. The Balaban J connectivity index is 1.12. The van der Waals surface area contributed by atoms with E-state index in [-0.39, 0.29) is 0 Å². The number of rotatable bonds is 4. The molecule has 1 aliphatic heterocycles. The molecule has 7 aromatic rings. The van der Waals surface area contributed by atoms with Crippen LogP contribution in [0.3, 0.4) is 0 Å². The maximum Gasteiger partial charge on any atom is 0.145 e. The first-order chi connectivity index (χ1) is 23.3. The number of fused-ring (bicyclic) bond motifs is 5. The zero-order chi connectivity index (χ0) is 31.2. The summed E-state index contributed by atoms with van der Waals surface area (Å²) in [5.74, 6) is 1.33. The Bertz CT molecular complexity index is 2380. The SMILES string of the molecule is C1=C\CC[C@H]2Cc3c(-c4ccc(-c5cccc(-c6nc7ccccc7n6-c6ccccc6)c5)cc4)nc4ccccc4c3N=C2\C=C/1. The van der Waals surface area contributed by atoms with E-state index < -0.39 is 0 Å². The van der Waals surface area contributed by atoms with Crippen LogP contribution in [0.2, 0.25) is 0 Å². The van der Waals surface area contributed by atoms with Crippen LogP contribution >= 0.6 is 0 Å². The molecule has 0 radical (unpaired) electrons. The van der Waals surface area contributed by atoms with E-state index in [1.165, 1.54) is 11.3 Å². The minimum atomic E-state index is 0.396. The molecule has 0 saturated carbocycles. The summed E-state index contributed by atoms with van der Waals surface area (Å²) in [4.78, 5) is 15.6. The van der Waals surface area contributed by atoms with Crippen molar-refractivity contribution in [3.63, 3.8) is 0 Å². The van der Waals surface area contributed by atoms with Gasteiger partial charge < -0.3 is 0 Å². The van der Waals surface area contributed by atoms with Gasteiger partial charge in [0.05, 0.1) is 27.9 Å². The first-order valence-corrected chi connectivity index (χ1v) is 16.4. The van der Waals surface area contributed by atoms with E-state index in [0.717, 1.165) is 86.3 Å². The van der Waals surface area contributed by atoms with Crippen LogP contribution in [0.25, 0.3) is 61.4 Å². The van der Waals surface area contributed by atoms with Gasteiger partial charge in [-0.15, -0.1) is 0 Å². The lowest BCUT2D eigenvalue weighted by atomic mass is 9.83. The minimum absolute atomic E-state index is 0.396. The van der Waals surface area contributed by atoms with E-state index in [4.69, 9.17) is 15.0 Å². The molecule has 0 spiro atoms. The van der Waals surface area contributed by atoms with E-state index in [2.05, 4.69) is 144 Å². The largest absolute Gasteiger partial charge is 0.292 e. The molecule has 47 heavy (non-hydrogen) atoms. The van der Waals surface area contributed by atoms with Crippen molar-refractivity contribution in [3.05, 3.63) is 157 Å². The molecule has 0 saturated heterocycles. The third-order valence-corrected chi connectivity index (χ3v) is 9.46. The lowest BCUT2D eigenvalue weighted by Gasteiger charge is -2.26. The highest BCUT2D eigenvalue weighted by Crippen LogP contribution is 2.42. The Morgan fingerprint density at radius 2 is 1.38 bits per heavy atom. The van der Waals surface area contributed by atoms with Crippen LogP contribution in [0.4, 0.5) is 5.69 Å². The lowest BCUT2D eigenvalue weighted by molar-refractivity contribution is 0.624. The van der Waals surface area contributed by atoms with E-state index in [1.54, 1.807) is 0 Å². The fourth-order valence-corrected chi connectivity index (χ4v) is 7.13. The molecule has 1 aliphatic carbocycles. The molecule has 0 bridgehead atoms. The van der Waals surface area contributed by atoms with Crippen molar-refractivity contribution >= 4 is 33.3 Å². The van der Waals surface area contributed by atoms with Gasteiger partial charge >= 0.3 is 0 Å². The number of para-hydroxylation sites is 4. The van der Waals surface area contributed by atoms with Crippen LogP contribution in [-0.2, 0) is 6.42 Å². The van der Waals surface area contributed by atoms with Crippen molar-refractivity contribution in [1.82, 2.24) is 14.5 Å². The smallest absolute Gasteiger partial charge is 0.145 e. The van der Waals surface area contributed by atoms with Crippen molar-refractivity contribution in [2.24, 2.45) is 10.9 Å². The minimum Gasteiger partial charge on any atom is -0.292 e. The summed E-state index contributed by atoms with van der Waals surface area (Å²) < 4.78 is 2.25. The molecule has 2 aliphatic rings. The Kier molecular flexibility index (Phi) is 6.71. The Labute approximate surface area is 274 Å². The topological polar surface area (TPSA) is 43.1 Å². The number of hydrogen-bond acceptors (Lipinski definition) is 3. The van der Waals surface area contributed by atoms with Gasteiger partial charge in [-0.3, -0.25) is 9.56 Å². The van der Waals surface area contributed by atoms with E-state index in [9.17, 15) is 0 Å². The monoisotopic (exact) mass is 604 g/mol. The number of aromatic nitrogens is 3. The molecular weight excluding hydrogens is 573 g/mol. The second-order valence-electron chi connectivity index (χ2n) is 12.4. The van der Waals surface area contributed by atoms with Gasteiger partial charge in [-0.25, -0.2) is 9.97 Å². The van der Waals surface area contributed by atoms with Crippen LogP contribution in [0.15, 0.2) is 157 Å². The van der Waals surface area contributed by atoms with Crippen molar-refractivity contribution in [2.75, 3.05) is 0 Å². The van der Waals surface area contributed by atoms with Crippen LogP contribution in [0, 0.1) is 5.92 Å². The molecular formula is C43H32N4. The molecule has 224 valence electrons. The Morgan fingerprint density at radius 3 is 2.28 bits per heavy atom. The Morgan fingerprint density at radius 1 is 0.617 bits per heavy atom. The van der Waals surface area contributed by atoms with Crippen LogP contribution < -0.4 is 0 Å². The summed E-state index contributed by atoms with van der Waals surface area (Å²) >= 11 is 0. The number of hydrogen-bond donors (Lipinski definition) is 0. The van der Waals surface area contributed by atoms with Crippen molar-refractivity contribution < 1.29 is 0 Å². The number of pyridine rings is 1. The summed E-state index contributed by atoms with van der Waals surface area (Å²) in [6.07, 6.45) is 11.8. The number of imidazole rings is 1. The van der Waals surface area contributed by atoms with Gasteiger partial charge in [0.2, 0.25) is 0 Å². The maximum atomic E-state index is 5.28. The van der Waals surface area contributed by atoms with Crippen molar-refractivity contribution in [3.8, 4) is 39.5 Å². The summed E-state index contributed by atoms with van der Waals surface area (Å²) in [6, 6.07) is 44.8. The molecule has 2 aromatic heterocycles. The molecule has 5 aromatic carbocycles. The average molecular weight is 605 g/mol. The number of aliphatic imine (C=N–C) groups is 1. The predicted molar refractivity (Wildman–Crippen MR) is 194 cm³/mol. The average Bonchev–Trinajstić information content (AvgIpc) is 3.52. The van der Waals surface area contributed by atoms with E-state index in [0.29, 0.717) is 5.92 Å². The molecule has 0 amide bonds. The van der Waals surface area contributed by atoms with Gasteiger partial charge in [-0.1, -0.05) is 109 Å². The Hall–Kier alpha value is -5.87. The van der Waals surface area contributed by atoms with E-state index in [1.807, 2.05) is 12.1 Å². The quantitative estimate of drug-likeness (QED) is 0.201. The highest BCUT2D eigenvalue weighted by Gasteiger charge is 2.27. The predicted octanol–water partition coefficient (Wildman–Crippen LogP) is 10.7. The molecule has 4 nitrogen and oxygen atoms in total. The van der Waals surface area contributed by atoms with Crippen LogP contribution in [0.5, 0.6) is 0 Å². The first-order valence-electron chi connectivity index (χ1n) is 16.4. The number of allylic oxidation sites excluding steroid dienone is 4. The van der Waals surface area contributed by atoms with Crippen LogP contribution in [-0.4, -0.2) is 20.2 Å². The zero-order valence-electron chi connectivity index (χ0n) is 25.9. The molecule has 9 rings (SSSR count). The molecule has 0 N–H and O–H groups in total. The van der Waals surface area contributed by atoms with Gasteiger partial charge in [0.25, 0.3) is 0 Å². The summed E-state index contributed by atoms with van der Waals surface area (Å²) in [6.45, 7) is 0. The standard InChI is InChI=1S/C43H32N4/c1-2-7-19-37-32(13-4-1)28-36-41(45-38-20-9-8-18-35(38)42(36)44-37)30-25-23-29(24-26-30)31-14-12-15-33(27-31)43-46-39-21-10-11-22-40(39)47(43)34-16-5-3-6-17-34/h1-3,5-12,14-27,32H,4,13,28H2/b2-1-,19-7-/t32-/m0/s1. The summed E-state index contributed by atoms with van der Waals surface area (Å²) in [5.41, 5.74) is 13.2. The van der Waals surface area contributed by atoms with Gasteiger partial charge in [-0.2, -0.15) is 0 Å². The third kappa shape index (κ3) is 4.90. The lowest BCUT2D eigenvalue weighted by Crippen LogP contribution is -2.20. The fraction of sp³-hybridized carbons (Fsp3) is 0.0930.